The quantitative estimate of drug-likeness (QED) is 0.572. The summed E-state index contributed by atoms with van der Waals surface area (Å²) >= 11 is 0. The number of anilines is 1. The summed E-state index contributed by atoms with van der Waals surface area (Å²) in [6.07, 6.45) is 2.19. The van der Waals surface area contributed by atoms with Gasteiger partial charge >= 0.3 is 5.97 Å². The molecule has 0 aromatic carbocycles. The lowest BCUT2D eigenvalue weighted by Crippen LogP contribution is -2.14. The van der Waals surface area contributed by atoms with Gasteiger partial charge in [0.2, 0.25) is 5.82 Å². The van der Waals surface area contributed by atoms with Gasteiger partial charge in [-0.3, -0.25) is 0 Å². The van der Waals surface area contributed by atoms with E-state index < -0.39 is 5.97 Å². The third-order valence-electron chi connectivity index (χ3n) is 2.42. The van der Waals surface area contributed by atoms with Crippen molar-refractivity contribution in [2.75, 3.05) is 32.2 Å². The van der Waals surface area contributed by atoms with Gasteiger partial charge in [-0.05, 0) is 13.3 Å². The van der Waals surface area contributed by atoms with Gasteiger partial charge in [0, 0.05) is 24.9 Å². The van der Waals surface area contributed by atoms with Crippen molar-refractivity contribution in [1.29, 1.82) is 0 Å². The van der Waals surface area contributed by atoms with E-state index in [1.54, 1.807) is 13.0 Å². The van der Waals surface area contributed by atoms with Crippen molar-refractivity contribution in [3.63, 3.8) is 0 Å². The molecule has 0 radical (unpaired) electrons. The summed E-state index contributed by atoms with van der Waals surface area (Å²) in [7, 11) is 1.31. The third-order valence-corrected chi connectivity index (χ3v) is 2.42. The predicted molar refractivity (Wildman–Crippen MR) is 72.3 cm³/mol. The molecule has 6 heteroatoms. The molecule has 0 saturated carbocycles. The zero-order chi connectivity index (χ0) is 14.1. The maximum Gasteiger partial charge on any atom is 0.376 e. The van der Waals surface area contributed by atoms with Crippen LogP contribution < -0.4 is 5.32 Å². The van der Waals surface area contributed by atoms with Crippen LogP contribution in [0.25, 0.3) is 0 Å². The summed E-state index contributed by atoms with van der Waals surface area (Å²) in [4.78, 5) is 19.5. The van der Waals surface area contributed by atoms with Gasteiger partial charge in [-0.25, -0.2) is 14.8 Å². The first-order chi connectivity index (χ1) is 9.17. The highest BCUT2D eigenvalue weighted by Crippen LogP contribution is 2.06. The molecule has 0 saturated heterocycles. The molecule has 0 fully saturated rings. The molecule has 1 N–H and O–H groups in total. The normalized spacial score (nSPS) is 10.3. The molecule has 1 aromatic heterocycles. The number of nitrogens with one attached hydrogen (secondary N) is 1. The van der Waals surface area contributed by atoms with E-state index in [4.69, 9.17) is 4.74 Å². The van der Waals surface area contributed by atoms with Crippen LogP contribution in [0.2, 0.25) is 0 Å². The standard InChI is InChI=1S/C13H21N3O3/c1-4-5-7-19-8-6-14-11-9-10(2)15-12(16-11)13(17)18-3/h9H,4-8H2,1-3H3,(H,14,15,16). The lowest BCUT2D eigenvalue weighted by molar-refractivity contribution is 0.0586. The van der Waals surface area contributed by atoms with Crippen molar-refractivity contribution >= 4 is 11.8 Å². The number of aromatic nitrogens is 2. The van der Waals surface area contributed by atoms with Crippen LogP contribution in [0, 0.1) is 6.92 Å². The van der Waals surface area contributed by atoms with E-state index in [0.717, 1.165) is 19.4 Å². The zero-order valence-corrected chi connectivity index (χ0v) is 11.7. The molecule has 0 aliphatic rings. The van der Waals surface area contributed by atoms with Crippen LogP contribution >= 0.6 is 0 Å². The van der Waals surface area contributed by atoms with E-state index in [-0.39, 0.29) is 5.82 Å². The van der Waals surface area contributed by atoms with Crippen LogP contribution in [0.4, 0.5) is 5.82 Å². The van der Waals surface area contributed by atoms with E-state index in [1.165, 1.54) is 7.11 Å². The highest BCUT2D eigenvalue weighted by atomic mass is 16.5. The Bertz CT molecular complexity index is 410. The number of rotatable bonds is 8. The molecular formula is C13H21N3O3. The molecule has 0 spiro atoms. The Kier molecular flexibility index (Phi) is 6.81. The maximum atomic E-state index is 11.4. The topological polar surface area (TPSA) is 73.3 Å². The first-order valence-electron chi connectivity index (χ1n) is 6.43. The Labute approximate surface area is 113 Å². The summed E-state index contributed by atoms with van der Waals surface area (Å²) in [5.74, 6) is 0.134. The number of methoxy groups -OCH3 is 1. The van der Waals surface area contributed by atoms with Gasteiger partial charge < -0.3 is 14.8 Å². The molecule has 0 aliphatic carbocycles. The van der Waals surface area contributed by atoms with Crippen LogP contribution in [-0.2, 0) is 9.47 Å². The van der Waals surface area contributed by atoms with Crippen molar-refractivity contribution in [3.05, 3.63) is 17.6 Å². The number of hydrogen-bond acceptors (Lipinski definition) is 6. The Balaban J connectivity index is 2.45. The second kappa shape index (κ2) is 8.42. The Hall–Kier alpha value is -1.69. The van der Waals surface area contributed by atoms with Crippen molar-refractivity contribution < 1.29 is 14.3 Å². The van der Waals surface area contributed by atoms with Crippen LogP contribution in [-0.4, -0.2) is 42.8 Å². The number of carbonyl (C=O) groups excluding carboxylic acids is 1. The van der Waals surface area contributed by atoms with Gasteiger partial charge in [-0.15, -0.1) is 0 Å². The molecule has 0 unspecified atom stereocenters. The van der Waals surface area contributed by atoms with E-state index in [1.807, 2.05) is 0 Å². The SMILES string of the molecule is CCCCOCCNc1cc(C)nc(C(=O)OC)n1. The molecule has 0 aliphatic heterocycles. The predicted octanol–water partition coefficient (Wildman–Crippen LogP) is 1.80. The molecule has 0 bridgehead atoms. The molecule has 0 atom stereocenters. The molecule has 1 rings (SSSR count). The van der Waals surface area contributed by atoms with Crippen LogP contribution in [0.15, 0.2) is 6.07 Å². The van der Waals surface area contributed by atoms with Crippen molar-refractivity contribution in [2.45, 2.75) is 26.7 Å². The zero-order valence-electron chi connectivity index (χ0n) is 11.7. The highest BCUT2D eigenvalue weighted by Gasteiger charge is 2.11. The van der Waals surface area contributed by atoms with E-state index >= 15 is 0 Å². The Morgan fingerprint density at radius 2 is 2.16 bits per heavy atom. The van der Waals surface area contributed by atoms with Crippen molar-refractivity contribution in [1.82, 2.24) is 9.97 Å². The maximum absolute atomic E-state index is 11.4. The molecular weight excluding hydrogens is 246 g/mol. The Morgan fingerprint density at radius 3 is 2.84 bits per heavy atom. The van der Waals surface area contributed by atoms with Crippen LogP contribution in [0.1, 0.15) is 36.1 Å². The van der Waals surface area contributed by atoms with Gasteiger partial charge in [0.05, 0.1) is 13.7 Å². The smallest absolute Gasteiger partial charge is 0.376 e. The van der Waals surface area contributed by atoms with Gasteiger partial charge in [-0.1, -0.05) is 13.3 Å². The van der Waals surface area contributed by atoms with Crippen molar-refractivity contribution in [2.24, 2.45) is 0 Å². The summed E-state index contributed by atoms with van der Waals surface area (Å²) in [6, 6.07) is 1.78. The molecule has 19 heavy (non-hydrogen) atoms. The number of nitrogens with zero attached hydrogens (tertiary/aromatic N) is 2. The molecule has 1 aromatic rings. The number of hydrogen-bond donors (Lipinski definition) is 1. The number of carbonyl (C=O) groups is 1. The minimum atomic E-state index is -0.536. The molecule has 0 amide bonds. The van der Waals surface area contributed by atoms with E-state index in [2.05, 4.69) is 26.9 Å². The summed E-state index contributed by atoms with van der Waals surface area (Å²) in [5, 5.41) is 3.10. The van der Waals surface area contributed by atoms with Gasteiger partial charge in [-0.2, -0.15) is 0 Å². The first-order valence-corrected chi connectivity index (χ1v) is 6.43. The third kappa shape index (κ3) is 5.65. The fourth-order valence-corrected chi connectivity index (χ4v) is 1.44. The van der Waals surface area contributed by atoms with Gasteiger partial charge in [0.1, 0.15) is 5.82 Å². The monoisotopic (exact) mass is 267 g/mol. The lowest BCUT2D eigenvalue weighted by Gasteiger charge is -2.08. The fraction of sp³-hybridized carbons (Fsp3) is 0.615. The van der Waals surface area contributed by atoms with Crippen LogP contribution in [0.5, 0.6) is 0 Å². The van der Waals surface area contributed by atoms with Gasteiger partial charge in [0.25, 0.3) is 0 Å². The highest BCUT2D eigenvalue weighted by molar-refractivity contribution is 5.85. The largest absolute Gasteiger partial charge is 0.463 e. The first kappa shape index (κ1) is 15.4. The number of ether oxygens (including phenoxy) is 2. The minimum absolute atomic E-state index is 0.0666. The average Bonchev–Trinajstić information content (AvgIpc) is 2.41. The second-order valence-electron chi connectivity index (χ2n) is 4.10. The number of unbranched alkanes of at least 4 members (excludes halogenated alkanes) is 1. The summed E-state index contributed by atoms with van der Waals surface area (Å²) in [6.45, 7) is 5.95. The van der Waals surface area contributed by atoms with E-state index in [9.17, 15) is 4.79 Å². The van der Waals surface area contributed by atoms with Crippen LogP contribution in [0.3, 0.4) is 0 Å². The number of esters is 1. The van der Waals surface area contributed by atoms with Crippen molar-refractivity contribution in [3.8, 4) is 0 Å². The van der Waals surface area contributed by atoms with E-state index in [0.29, 0.717) is 24.7 Å². The summed E-state index contributed by atoms with van der Waals surface area (Å²) in [5.41, 5.74) is 0.713. The fourth-order valence-electron chi connectivity index (χ4n) is 1.44. The lowest BCUT2D eigenvalue weighted by atomic mass is 10.4. The van der Waals surface area contributed by atoms with Gasteiger partial charge in [0.15, 0.2) is 0 Å². The molecule has 1 heterocycles. The number of aryl methyl sites for hydroxylation is 1. The Morgan fingerprint density at radius 1 is 1.37 bits per heavy atom. The molecule has 106 valence electrons. The summed E-state index contributed by atoms with van der Waals surface area (Å²) < 4.78 is 10.0. The average molecular weight is 267 g/mol. The molecule has 6 nitrogen and oxygen atoms in total. The second-order valence-corrected chi connectivity index (χ2v) is 4.10. The minimum Gasteiger partial charge on any atom is -0.463 e.